The maximum atomic E-state index is 13.1. The van der Waals surface area contributed by atoms with E-state index in [2.05, 4.69) is 24.5 Å². The third-order valence-corrected chi connectivity index (χ3v) is 5.79. The van der Waals surface area contributed by atoms with Crippen molar-refractivity contribution in [2.45, 2.75) is 78.8 Å². The van der Waals surface area contributed by atoms with E-state index in [-0.39, 0.29) is 54.9 Å². The monoisotopic (exact) mass is 477 g/mol. The van der Waals surface area contributed by atoms with Crippen LogP contribution in [0.15, 0.2) is 12.2 Å². The van der Waals surface area contributed by atoms with Crippen LogP contribution in [0.4, 0.5) is 0 Å². The number of nitrogens with zero attached hydrogens (tertiary/aromatic N) is 1. The smallest absolute Gasteiger partial charge is 0.243 e. The fourth-order valence-electron chi connectivity index (χ4n) is 4.16. The van der Waals surface area contributed by atoms with E-state index in [0.717, 1.165) is 6.42 Å². The number of likely N-dealkylation sites (tertiary alicyclic amines) is 1. The molecule has 2 N–H and O–H groups in total. The van der Waals surface area contributed by atoms with E-state index in [1.807, 2.05) is 0 Å². The Morgan fingerprint density at radius 3 is 2.35 bits per heavy atom. The first-order chi connectivity index (χ1) is 16.0. The van der Waals surface area contributed by atoms with Crippen LogP contribution in [-0.4, -0.2) is 65.6 Å². The van der Waals surface area contributed by atoms with E-state index < -0.39 is 17.9 Å². The number of amides is 3. The summed E-state index contributed by atoms with van der Waals surface area (Å²) >= 11 is 0. The Morgan fingerprint density at radius 2 is 1.79 bits per heavy atom. The van der Waals surface area contributed by atoms with Gasteiger partial charge in [0.2, 0.25) is 17.7 Å². The molecular weight excluding hydrogens is 438 g/mol. The lowest BCUT2D eigenvalue weighted by molar-refractivity contribution is -0.138. The molecule has 0 radical (unpaired) electrons. The van der Waals surface area contributed by atoms with Gasteiger partial charge >= 0.3 is 0 Å². The van der Waals surface area contributed by atoms with Gasteiger partial charge in [-0.2, -0.15) is 0 Å². The number of carbonyl (C=O) groups is 6. The highest BCUT2D eigenvalue weighted by molar-refractivity contribution is 5.97. The number of aldehydes is 1. The summed E-state index contributed by atoms with van der Waals surface area (Å²) in [6.07, 6.45) is 5.78. The first-order valence-electron chi connectivity index (χ1n) is 12.0. The Bertz CT molecular complexity index is 790. The van der Waals surface area contributed by atoms with Crippen LogP contribution in [0.5, 0.6) is 0 Å². The van der Waals surface area contributed by atoms with Crippen molar-refractivity contribution in [2.75, 3.05) is 13.1 Å². The molecular formula is C25H39N3O6. The van der Waals surface area contributed by atoms with E-state index in [1.54, 1.807) is 18.7 Å². The molecule has 0 spiro atoms. The van der Waals surface area contributed by atoms with Crippen molar-refractivity contribution in [3.8, 4) is 0 Å². The van der Waals surface area contributed by atoms with E-state index in [4.69, 9.17) is 0 Å². The molecule has 0 bridgehead atoms. The van der Waals surface area contributed by atoms with Crippen LogP contribution in [0, 0.1) is 17.8 Å². The standard InChI is InChI=1S/C25H39N3O6/c1-16(2)13-20-14-19(7-6-8-21(31)10-9-18(5)30)25(34)28(20)15-22(32)27-23(17(3)4)24(33)26-11-12-29/h9-10,12,16-17,19-20,23H,6-8,11,13-15H2,1-5H3,(H,26,33)(H,27,32)/b10-9-/t19-,20?,23?/m1/s1. The van der Waals surface area contributed by atoms with Gasteiger partial charge in [-0.3, -0.25) is 24.0 Å². The summed E-state index contributed by atoms with van der Waals surface area (Å²) in [5, 5.41) is 5.16. The second-order valence-electron chi connectivity index (χ2n) is 9.69. The van der Waals surface area contributed by atoms with Crippen molar-refractivity contribution in [3.05, 3.63) is 12.2 Å². The highest BCUT2D eigenvalue weighted by atomic mass is 16.2. The zero-order valence-corrected chi connectivity index (χ0v) is 21.0. The van der Waals surface area contributed by atoms with E-state index >= 15 is 0 Å². The molecule has 0 aromatic heterocycles. The fourth-order valence-corrected chi connectivity index (χ4v) is 4.16. The van der Waals surface area contributed by atoms with Crippen LogP contribution < -0.4 is 10.6 Å². The van der Waals surface area contributed by atoms with Gasteiger partial charge in [-0.15, -0.1) is 0 Å². The number of hydrogen-bond acceptors (Lipinski definition) is 6. The summed E-state index contributed by atoms with van der Waals surface area (Å²) in [5.41, 5.74) is 0. The van der Waals surface area contributed by atoms with Crippen molar-refractivity contribution in [2.24, 2.45) is 17.8 Å². The predicted molar refractivity (Wildman–Crippen MR) is 128 cm³/mol. The lowest BCUT2D eigenvalue weighted by Crippen LogP contribution is -2.53. The molecule has 1 saturated heterocycles. The van der Waals surface area contributed by atoms with Crippen molar-refractivity contribution < 1.29 is 28.8 Å². The number of allylic oxidation sites excluding steroid dienone is 2. The van der Waals surface area contributed by atoms with Crippen molar-refractivity contribution in [1.82, 2.24) is 15.5 Å². The SMILES string of the molecule is CC(=O)/C=C\C(=O)CCC[C@@H]1CC(CC(C)C)N(CC(=O)NC(C(=O)NCC=O)C(C)C)C1=O. The van der Waals surface area contributed by atoms with Gasteiger partial charge in [-0.1, -0.05) is 27.7 Å². The molecule has 9 heteroatoms. The van der Waals surface area contributed by atoms with Crippen molar-refractivity contribution in [1.29, 1.82) is 0 Å². The fraction of sp³-hybridized carbons (Fsp3) is 0.680. The van der Waals surface area contributed by atoms with Gasteiger partial charge in [0.1, 0.15) is 12.3 Å². The molecule has 2 unspecified atom stereocenters. The zero-order valence-electron chi connectivity index (χ0n) is 21.0. The van der Waals surface area contributed by atoms with Gasteiger partial charge in [0.15, 0.2) is 11.6 Å². The molecule has 1 aliphatic heterocycles. The summed E-state index contributed by atoms with van der Waals surface area (Å²) in [5.74, 6) is -1.45. The van der Waals surface area contributed by atoms with Gasteiger partial charge < -0.3 is 20.3 Å². The number of ketones is 2. The van der Waals surface area contributed by atoms with Gasteiger partial charge in [0.25, 0.3) is 0 Å². The molecule has 0 aromatic carbocycles. The molecule has 1 rings (SSSR count). The Balaban J connectivity index is 2.77. The molecule has 190 valence electrons. The van der Waals surface area contributed by atoms with E-state index in [9.17, 15) is 28.8 Å². The molecule has 0 aromatic rings. The minimum absolute atomic E-state index is 0.0852. The number of carbonyl (C=O) groups excluding carboxylic acids is 6. The highest BCUT2D eigenvalue weighted by Gasteiger charge is 2.40. The van der Waals surface area contributed by atoms with Crippen LogP contribution in [0.3, 0.4) is 0 Å². The van der Waals surface area contributed by atoms with Gasteiger partial charge in [0.05, 0.1) is 13.1 Å². The quantitative estimate of drug-likeness (QED) is 0.272. The molecule has 0 saturated carbocycles. The van der Waals surface area contributed by atoms with Crippen molar-refractivity contribution >= 4 is 35.6 Å². The molecule has 0 aliphatic carbocycles. The number of rotatable bonds is 15. The van der Waals surface area contributed by atoms with Crippen LogP contribution in [-0.2, 0) is 28.8 Å². The summed E-state index contributed by atoms with van der Waals surface area (Å²) < 4.78 is 0. The Morgan fingerprint density at radius 1 is 1.12 bits per heavy atom. The molecule has 3 atom stereocenters. The zero-order chi connectivity index (χ0) is 25.8. The molecule has 1 fully saturated rings. The van der Waals surface area contributed by atoms with E-state index in [0.29, 0.717) is 31.5 Å². The van der Waals surface area contributed by atoms with Crippen LogP contribution in [0.25, 0.3) is 0 Å². The van der Waals surface area contributed by atoms with Gasteiger partial charge in [-0.25, -0.2) is 0 Å². The van der Waals surface area contributed by atoms with E-state index in [1.165, 1.54) is 19.1 Å². The van der Waals surface area contributed by atoms with Crippen molar-refractivity contribution in [3.63, 3.8) is 0 Å². The minimum Gasteiger partial charge on any atom is -0.348 e. The number of hydrogen-bond donors (Lipinski definition) is 2. The third kappa shape index (κ3) is 9.97. The molecule has 3 amide bonds. The van der Waals surface area contributed by atoms with Crippen LogP contribution >= 0.6 is 0 Å². The van der Waals surface area contributed by atoms with Gasteiger partial charge in [-0.05, 0) is 56.6 Å². The van der Waals surface area contributed by atoms with Crippen LogP contribution in [0.1, 0.15) is 66.7 Å². The second kappa shape index (κ2) is 14.4. The Labute approximate surface area is 202 Å². The number of nitrogens with one attached hydrogen (secondary N) is 2. The summed E-state index contributed by atoms with van der Waals surface area (Å²) in [6.45, 7) is 8.80. The Kier molecular flexibility index (Phi) is 12.4. The molecule has 1 aliphatic rings. The summed E-state index contributed by atoms with van der Waals surface area (Å²) in [6, 6.07) is -0.892. The molecule has 9 nitrogen and oxygen atoms in total. The highest BCUT2D eigenvalue weighted by Crippen LogP contribution is 2.32. The third-order valence-electron chi connectivity index (χ3n) is 5.79. The van der Waals surface area contributed by atoms with Gasteiger partial charge in [0, 0.05) is 18.4 Å². The normalized spacial score (nSPS) is 19.0. The summed E-state index contributed by atoms with van der Waals surface area (Å²) in [4.78, 5) is 73.1. The average Bonchev–Trinajstić information content (AvgIpc) is 3.02. The topological polar surface area (TPSA) is 130 Å². The summed E-state index contributed by atoms with van der Waals surface area (Å²) in [7, 11) is 0. The second-order valence-corrected chi connectivity index (χ2v) is 9.69. The average molecular weight is 478 g/mol. The minimum atomic E-state index is -0.807. The first kappa shape index (κ1) is 29.2. The maximum absolute atomic E-state index is 13.1. The lowest BCUT2D eigenvalue weighted by Gasteiger charge is -2.27. The predicted octanol–water partition coefficient (Wildman–Crippen LogP) is 1.59. The Hall–Kier alpha value is -2.84. The lowest BCUT2D eigenvalue weighted by atomic mass is 9.94. The largest absolute Gasteiger partial charge is 0.348 e. The first-order valence-corrected chi connectivity index (χ1v) is 12.0. The van der Waals surface area contributed by atoms with Crippen LogP contribution in [0.2, 0.25) is 0 Å². The molecule has 34 heavy (non-hydrogen) atoms. The maximum Gasteiger partial charge on any atom is 0.243 e. The molecule has 1 heterocycles.